The van der Waals surface area contributed by atoms with Crippen molar-refractivity contribution in [2.45, 2.75) is 38.8 Å². The Morgan fingerprint density at radius 3 is 2.31 bits per heavy atom. The number of hydrogen-bond acceptors (Lipinski definition) is 2. The summed E-state index contributed by atoms with van der Waals surface area (Å²) in [6.45, 7) is 4.21. The maximum atomic E-state index is 13.1. The molecule has 4 heteroatoms. The SMILES string of the molecule is CC(C)(F)C(=O)NN1CCCCC1. The van der Waals surface area contributed by atoms with Gasteiger partial charge in [-0.15, -0.1) is 0 Å². The van der Waals surface area contributed by atoms with Crippen LogP contribution >= 0.6 is 0 Å². The molecule has 1 amide bonds. The average Bonchev–Trinajstić information content (AvgIpc) is 2.04. The van der Waals surface area contributed by atoms with Crippen LogP contribution in [0, 0.1) is 0 Å². The quantitative estimate of drug-likeness (QED) is 0.707. The van der Waals surface area contributed by atoms with E-state index in [1.165, 1.54) is 20.3 Å². The van der Waals surface area contributed by atoms with E-state index in [0.717, 1.165) is 25.9 Å². The molecule has 0 aromatic rings. The lowest BCUT2D eigenvalue weighted by Gasteiger charge is -2.28. The van der Waals surface area contributed by atoms with Gasteiger partial charge in [-0.05, 0) is 26.7 Å². The second kappa shape index (κ2) is 4.05. The van der Waals surface area contributed by atoms with Gasteiger partial charge in [0.2, 0.25) is 0 Å². The number of alkyl halides is 1. The number of hydrazine groups is 1. The van der Waals surface area contributed by atoms with Crippen LogP contribution in [-0.2, 0) is 4.79 Å². The summed E-state index contributed by atoms with van der Waals surface area (Å²) >= 11 is 0. The number of amides is 1. The van der Waals surface area contributed by atoms with Gasteiger partial charge in [-0.1, -0.05) is 6.42 Å². The molecule has 1 aliphatic rings. The molecule has 1 N–H and O–H groups in total. The van der Waals surface area contributed by atoms with Crippen LogP contribution in [0.2, 0.25) is 0 Å². The van der Waals surface area contributed by atoms with Crippen molar-refractivity contribution in [3.05, 3.63) is 0 Å². The topological polar surface area (TPSA) is 32.3 Å². The number of hydrogen-bond donors (Lipinski definition) is 1. The fourth-order valence-corrected chi connectivity index (χ4v) is 1.28. The highest BCUT2D eigenvalue weighted by Crippen LogP contribution is 2.10. The van der Waals surface area contributed by atoms with E-state index < -0.39 is 11.6 Å². The van der Waals surface area contributed by atoms with Crippen molar-refractivity contribution in [2.75, 3.05) is 13.1 Å². The first kappa shape index (κ1) is 10.4. The number of carbonyl (C=O) groups excluding carboxylic acids is 1. The molecular weight excluding hydrogens is 171 g/mol. The lowest BCUT2D eigenvalue weighted by molar-refractivity contribution is -0.136. The number of nitrogens with one attached hydrogen (secondary N) is 1. The van der Waals surface area contributed by atoms with Gasteiger partial charge in [-0.25, -0.2) is 9.40 Å². The van der Waals surface area contributed by atoms with E-state index in [1.807, 2.05) is 0 Å². The number of rotatable bonds is 2. The minimum absolute atomic E-state index is 0.547. The molecule has 0 aromatic heterocycles. The van der Waals surface area contributed by atoms with Crippen molar-refractivity contribution in [1.29, 1.82) is 0 Å². The maximum Gasteiger partial charge on any atom is 0.271 e. The largest absolute Gasteiger partial charge is 0.286 e. The first-order valence-electron chi connectivity index (χ1n) is 4.75. The summed E-state index contributed by atoms with van der Waals surface area (Å²) in [7, 11) is 0. The molecule has 0 spiro atoms. The Hall–Kier alpha value is -0.640. The van der Waals surface area contributed by atoms with Gasteiger partial charge in [0.25, 0.3) is 5.91 Å². The highest BCUT2D eigenvalue weighted by molar-refractivity contribution is 5.83. The van der Waals surface area contributed by atoms with Crippen molar-refractivity contribution in [2.24, 2.45) is 0 Å². The third-order valence-corrected chi connectivity index (χ3v) is 2.16. The summed E-state index contributed by atoms with van der Waals surface area (Å²) in [5, 5.41) is 1.80. The minimum atomic E-state index is -1.78. The van der Waals surface area contributed by atoms with Crippen LogP contribution in [0.25, 0.3) is 0 Å². The lowest BCUT2D eigenvalue weighted by Crippen LogP contribution is -2.50. The van der Waals surface area contributed by atoms with Crippen molar-refractivity contribution in [3.8, 4) is 0 Å². The predicted octanol–water partition coefficient (Wildman–Crippen LogP) is 1.25. The minimum Gasteiger partial charge on any atom is -0.286 e. The standard InChI is InChI=1S/C9H17FN2O/c1-9(2,10)8(13)11-12-6-4-3-5-7-12/h3-7H2,1-2H3,(H,11,13). The Morgan fingerprint density at radius 1 is 1.31 bits per heavy atom. The number of piperidine rings is 1. The molecule has 3 nitrogen and oxygen atoms in total. The first-order chi connectivity index (χ1) is 6.00. The monoisotopic (exact) mass is 188 g/mol. The van der Waals surface area contributed by atoms with Crippen LogP contribution in [0.5, 0.6) is 0 Å². The summed E-state index contributed by atoms with van der Waals surface area (Å²) in [5.74, 6) is -0.547. The molecule has 1 rings (SSSR count). The summed E-state index contributed by atoms with van der Waals surface area (Å²) in [5.41, 5.74) is 0.798. The van der Waals surface area contributed by atoms with Crippen molar-refractivity contribution in [3.63, 3.8) is 0 Å². The summed E-state index contributed by atoms with van der Waals surface area (Å²) in [6, 6.07) is 0. The normalized spacial score (nSPS) is 19.9. The first-order valence-corrected chi connectivity index (χ1v) is 4.75. The van der Waals surface area contributed by atoms with Gasteiger partial charge in [-0.2, -0.15) is 0 Å². The maximum absolute atomic E-state index is 13.1. The van der Waals surface area contributed by atoms with Crippen LogP contribution in [0.15, 0.2) is 0 Å². The number of halogens is 1. The second-order valence-corrected chi connectivity index (χ2v) is 3.96. The van der Waals surface area contributed by atoms with Gasteiger partial charge < -0.3 is 0 Å². The van der Waals surface area contributed by atoms with Gasteiger partial charge in [0.15, 0.2) is 5.67 Å². The smallest absolute Gasteiger partial charge is 0.271 e. The Balaban J connectivity index is 2.35. The third-order valence-electron chi connectivity index (χ3n) is 2.16. The molecule has 0 aromatic carbocycles. The Labute approximate surface area is 78.3 Å². The summed E-state index contributed by atoms with van der Waals surface area (Å²) in [6.07, 6.45) is 3.35. The molecule has 1 fully saturated rings. The molecule has 76 valence electrons. The van der Waals surface area contributed by atoms with Crippen LogP contribution in [-0.4, -0.2) is 29.7 Å². The van der Waals surface area contributed by atoms with Crippen LogP contribution in [0.1, 0.15) is 33.1 Å². The Morgan fingerprint density at radius 2 is 1.85 bits per heavy atom. The summed E-state index contributed by atoms with van der Waals surface area (Å²) < 4.78 is 13.1. The van der Waals surface area contributed by atoms with Gasteiger partial charge in [0.1, 0.15) is 0 Å². The van der Waals surface area contributed by atoms with E-state index >= 15 is 0 Å². The molecule has 1 saturated heterocycles. The van der Waals surface area contributed by atoms with Crippen LogP contribution in [0.3, 0.4) is 0 Å². The van der Waals surface area contributed by atoms with Gasteiger partial charge in [0.05, 0.1) is 0 Å². The zero-order valence-corrected chi connectivity index (χ0v) is 8.27. The fraction of sp³-hybridized carbons (Fsp3) is 0.889. The van der Waals surface area contributed by atoms with Gasteiger partial charge in [0, 0.05) is 13.1 Å². The van der Waals surface area contributed by atoms with Crippen LogP contribution in [0.4, 0.5) is 4.39 Å². The molecule has 0 unspecified atom stereocenters. The molecule has 0 saturated carbocycles. The average molecular weight is 188 g/mol. The summed E-state index contributed by atoms with van der Waals surface area (Å²) in [4.78, 5) is 11.2. The van der Waals surface area contributed by atoms with Gasteiger partial charge in [-0.3, -0.25) is 10.2 Å². The van der Waals surface area contributed by atoms with E-state index in [1.54, 1.807) is 5.01 Å². The molecule has 13 heavy (non-hydrogen) atoms. The number of nitrogens with zero attached hydrogens (tertiary/aromatic N) is 1. The third kappa shape index (κ3) is 3.30. The number of carbonyl (C=O) groups is 1. The molecule has 0 atom stereocenters. The Kier molecular flexibility index (Phi) is 3.25. The van der Waals surface area contributed by atoms with E-state index in [-0.39, 0.29) is 0 Å². The highest BCUT2D eigenvalue weighted by Gasteiger charge is 2.28. The highest BCUT2D eigenvalue weighted by atomic mass is 19.1. The second-order valence-electron chi connectivity index (χ2n) is 3.96. The molecule has 1 aliphatic heterocycles. The predicted molar refractivity (Wildman–Crippen MR) is 48.8 cm³/mol. The molecular formula is C9H17FN2O. The van der Waals surface area contributed by atoms with E-state index in [9.17, 15) is 9.18 Å². The van der Waals surface area contributed by atoms with Crippen molar-refractivity contribution in [1.82, 2.24) is 10.4 Å². The molecule has 0 radical (unpaired) electrons. The molecule has 0 aliphatic carbocycles. The van der Waals surface area contributed by atoms with Crippen LogP contribution < -0.4 is 5.43 Å². The van der Waals surface area contributed by atoms with Crippen molar-refractivity contribution < 1.29 is 9.18 Å². The Bertz CT molecular complexity index is 183. The van der Waals surface area contributed by atoms with E-state index in [2.05, 4.69) is 5.43 Å². The zero-order chi connectivity index (χ0) is 9.90. The van der Waals surface area contributed by atoms with E-state index in [4.69, 9.17) is 0 Å². The lowest BCUT2D eigenvalue weighted by atomic mass is 10.1. The molecule has 0 bridgehead atoms. The zero-order valence-electron chi connectivity index (χ0n) is 8.27. The van der Waals surface area contributed by atoms with E-state index in [0.29, 0.717) is 0 Å². The molecule has 1 heterocycles. The van der Waals surface area contributed by atoms with Gasteiger partial charge >= 0.3 is 0 Å². The fourth-order valence-electron chi connectivity index (χ4n) is 1.28. The van der Waals surface area contributed by atoms with Crippen molar-refractivity contribution >= 4 is 5.91 Å².